The van der Waals surface area contributed by atoms with Crippen LogP contribution in [0.3, 0.4) is 0 Å². The maximum atomic E-state index is 12.6. The lowest BCUT2D eigenvalue weighted by Crippen LogP contribution is -2.45. The van der Waals surface area contributed by atoms with E-state index in [1.807, 2.05) is 30.3 Å². The Morgan fingerprint density at radius 1 is 1.21 bits per heavy atom. The van der Waals surface area contributed by atoms with Crippen LogP contribution in [0.2, 0.25) is 0 Å². The number of carbonyl (C=O) groups is 2. The van der Waals surface area contributed by atoms with Crippen LogP contribution in [-0.4, -0.2) is 66.3 Å². The Morgan fingerprint density at radius 3 is 2.45 bits per heavy atom. The minimum Gasteiger partial charge on any atom is -0.497 e. The lowest BCUT2D eigenvalue weighted by molar-refractivity contribution is -0.145. The molecule has 2 aromatic rings. The molecular formula is C20H26N4O5. The minimum absolute atomic E-state index is 0.203. The Morgan fingerprint density at radius 2 is 1.90 bits per heavy atom. The van der Waals surface area contributed by atoms with Gasteiger partial charge in [0.1, 0.15) is 23.6 Å². The van der Waals surface area contributed by atoms with Gasteiger partial charge in [0, 0.05) is 38.8 Å². The van der Waals surface area contributed by atoms with Crippen molar-refractivity contribution in [3.05, 3.63) is 42.0 Å². The quantitative estimate of drug-likeness (QED) is 0.483. The number of ether oxygens (including phenoxy) is 3. The van der Waals surface area contributed by atoms with Gasteiger partial charge in [0.25, 0.3) is 0 Å². The van der Waals surface area contributed by atoms with E-state index in [0.29, 0.717) is 30.3 Å². The fraction of sp³-hybridized carbons (Fsp3) is 0.450. The maximum absolute atomic E-state index is 12.6. The predicted octanol–water partition coefficient (Wildman–Crippen LogP) is 0.522. The number of carbonyl (C=O) groups excluding carboxylic acids is 2. The second kappa shape index (κ2) is 8.95. The number of nitrogens with one attached hydrogen (secondary N) is 1. The fourth-order valence-electron chi connectivity index (χ4n) is 3.18. The van der Waals surface area contributed by atoms with Crippen LogP contribution in [-0.2, 0) is 34.3 Å². The van der Waals surface area contributed by atoms with E-state index in [0.717, 1.165) is 5.56 Å². The molecule has 1 saturated heterocycles. The zero-order valence-corrected chi connectivity index (χ0v) is 17.0. The number of imidazole rings is 1. The molecule has 156 valence electrons. The average molecular weight is 402 g/mol. The van der Waals surface area contributed by atoms with Gasteiger partial charge < -0.3 is 24.1 Å². The Bertz CT molecular complexity index is 859. The summed E-state index contributed by atoms with van der Waals surface area (Å²) in [5.41, 5.74) is 1.69. The van der Waals surface area contributed by atoms with E-state index in [1.165, 1.54) is 7.11 Å². The summed E-state index contributed by atoms with van der Waals surface area (Å²) >= 11 is 0. The number of nitrogens with zero attached hydrogens (tertiary/aromatic N) is 3. The Balaban J connectivity index is 1.60. The molecule has 1 fully saturated rings. The molecule has 1 aromatic carbocycles. The van der Waals surface area contributed by atoms with E-state index in [2.05, 4.69) is 10.3 Å². The summed E-state index contributed by atoms with van der Waals surface area (Å²) in [4.78, 5) is 31.0. The molecule has 0 radical (unpaired) electrons. The molecule has 0 bridgehead atoms. The van der Waals surface area contributed by atoms with Gasteiger partial charge in [0.05, 0.1) is 33.4 Å². The molecule has 2 unspecified atom stereocenters. The van der Waals surface area contributed by atoms with E-state index in [4.69, 9.17) is 14.2 Å². The lowest BCUT2D eigenvalue weighted by atomic mass is 10.1. The van der Waals surface area contributed by atoms with Crippen LogP contribution in [0.4, 0.5) is 0 Å². The normalized spacial score (nSPS) is 18.6. The highest BCUT2D eigenvalue weighted by molar-refractivity contribution is 5.89. The standard InChI is InChI=1S/C20H26N4O5/c1-23-10-14(21-12-23)7-17(20(26)29-4)22-19(25)18-11-24(18)9-13-5-15(27-2)8-16(6-13)28-3/h5-6,8,10,12,17-18H,7,9,11H2,1-4H3,(H,22,25)/t17-,18?,24?/m0/s1. The third-order valence-electron chi connectivity index (χ3n) is 4.79. The molecule has 1 amide bonds. The van der Waals surface area contributed by atoms with Crippen molar-refractivity contribution in [3.63, 3.8) is 0 Å². The summed E-state index contributed by atoms with van der Waals surface area (Å²) in [7, 11) is 6.35. The van der Waals surface area contributed by atoms with Crippen molar-refractivity contribution in [3.8, 4) is 11.5 Å². The number of hydrogen-bond acceptors (Lipinski definition) is 7. The Labute approximate surface area is 169 Å². The first kappa shape index (κ1) is 20.7. The number of esters is 1. The molecule has 1 aromatic heterocycles. The van der Waals surface area contributed by atoms with Crippen molar-refractivity contribution in [1.29, 1.82) is 0 Å². The number of rotatable bonds is 9. The van der Waals surface area contributed by atoms with Gasteiger partial charge in [-0.2, -0.15) is 0 Å². The first-order valence-electron chi connectivity index (χ1n) is 9.24. The summed E-state index contributed by atoms with van der Waals surface area (Å²) in [6.45, 7) is 1.19. The van der Waals surface area contributed by atoms with Crippen molar-refractivity contribution in [1.82, 2.24) is 19.8 Å². The summed E-state index contributed by atoms with van der Waals surface area (Å²) in [6, 6.07) is 4.56. The molecule has 1 aliphatic heterocycles. The van der Waals surface area contributed by atoms with Crippen LogP contribution in [0, 0.1) is 0 Å². The first-order valence-corrected chi connectivity index (χ1v) is 9.24. The Kier molecular flexibility index (Phi) is 6.38. The van der Waals surface area contributed by atoms with Gasteiger partial charge in [-0.05, 0) is 17.7 Å². The van der Waals surface area contributed by atoms with Gasteiger partial charge in [0.15, 0.2) is 0 Å². The zero-order valence-electron chi connectivity index (χ0n) is 17.0. The van der Waals surface area contributed by atoms with Crippen molar-refractivity contribution in [2.45, 2.75) is 25.0 Å². The van der Waals surface area contributed by atoms with Crippen molar-refractivity contribution in [2.24, 2.45) is 7.05 Å². The van der Waals surface area contributed by atoms with Crippen LogP contribution in [0.25, 0.3) is 0 Å². The van der Waals surface area contributed by atoms with Crippen LogP contribution < -0.4 is 14.8 Å². The van der Waals surface area contributed by atoms with Gasteiger partial charge in [-0.1, -0.05) is 0 Å². The zero-order chi connectivity index (χ0) is 21.0. The van der Waals surface area contributed by atoms with E-state index in [1.54, 1.807) is 31.2 Å². The van der Waals surface area contributed by atoms with Gasteiger partial charge in [-0.25, -0.2) is 9.78 Å². The van der Waals surface area contributed by atoms with Crippen molar-refractivity contribution >= 4 is 11.9 Å². The largest absolute Gasteiger partial charge is 0.497 e. The van der Waals surface area contributed by atoms with Crippen molar-refractivity contribution in [2.75, 3.05) is 27.9 Å². The van der Waals surface area contributed by atoms with Gasteiger partial charge in [-0.3, -0.25) is 9.69 Å². The van der Waals surface area contributed by atoms with E-state index < -0.39 is 12.0 Å². The summed E-state index contributed by atoms with van der Waals surface area (Å²) in [5.74, 6) is 0.701. The van der Waals surface area contributed by atoms with Gasteiger partial charge >= 0.3 is 5.97 Å². The first-order chi connectivity index (χ1) is 13.9. The van der Waals surface area contributed by atoms with E-state index >= 15 is 0 Å². The van der Waals surface area contributed by atoms with E-state index in [9.17, 15) is 9.59 Å². The number of benzene rings is 1. The lowest BCUT2D eigenvalue weighted by Gasteiger charge is -2.15. The number of aryl methyl sites for hydroxylation is 1. The van der Waals surface area contributed by atoms with Gasteiger partial charge in [0.2, 0.25) is 5.91 Å². The van der Waals surface area contributed by atoms with Gasteiger partial charge in [-0.15, -0.1) is 0 Å². The molecule has 9 heteroatoms. The molecule has 0 aliphatic carbocycles. The smallest absolute Gasteiger partial charge is 0.328 e. The highest BCUT2D eigenvalue weighted by Gasteiger charge is 2.41. The molecule has 3 rings (SSSR count). The molecule has 1 aliphatic rings. The SMILES string of the molecule is COC(=O)[C@H](Cc1cn(C)cn1)NC(=O)C1CN1Cc1cc(OC)cc(OC)c1. The van der Waals surface area contributed by atoms with E-state index in [-0.39, 0.29) is 18.4 Å². The van der Waals surface area contributed by atoms with Crippen LogP contribution in [0.15, 0.2) is 30.7 Å². The second-order valence-corrected chi connectivity index (χ2v) is 6.99. The molecule has 2 heterocycles. The number of aromatic nitrogens is 2. The molecular weight excluding hydrogens is 376 g/mol. The summed E-state index contributed by atoms with van der Waals surface area (Å²) < 4.78 is 17.2. The molecule has 3 atom stereocenters. The predicted molar refractivity (Wildman–Crippen MR) is 105 cm³/mol. The van der Waals surface area contributed by atoms with Crippen LogP contribution in [0.1, 0.15) is 11.3 Å². The molecule has 0 spiro atoms. The molecule has 1 N–H and O–H groups in total. The monoisotopic (exact) mass is 402 g/mol. The Hall–Kier alpha value is -3.07. The maximum Gasteiger partial charge on any atom is 0.328 e. The summed E-state index contributed by atoms with van der Waals surface area (Å²) in [6.07, 6.45) is 3.73. The third kappa shape index (κ3) is 5.26. The van der Waals surface area contributed by atoms with Crippen molar-refractivity contribution < 1.29 is 23.8 Å². The minimum atomic E-state index is -0.776. The fourth-order valence-corrected chi connectivity index (χ4v) is 3.18. The summed E-state index contributed by atoms with van der Waals surface area (Å²) in [5, 5.41) is 2.79. The third-order valence-corrected chi connectivity index (χ3v) is 4.79. The number of hydrogen-bond donors (Lipinski definition) is 1. The highest BCUT2D eigenvalue weighted by atomic mass is 16.5. The molecule has 9 nitrogen and oxygen atoms in total. The average Bonchev–Trinajstić information content (AvgIpc) is 3.37. The topological polar surface area (TPSA) is 94.7 Å². The number of methoxy groups -OCH3 is 3. The molecule has 29 heavy (non-hydrogen) atoms. The number of amides is 1. The molecule has 0 saturated carbocycles. The second-order valence-electron chi connectivity index (χ2n) is 6.99. The van der Waals surface area contributed by atoms with Crippen LogP contribution in [0.5, 0.6) is 11.5 Å². The highest BCUT2D eigenvalue weighted by Crippen LogP contribution is 2.27. The van der Waals surface area contributed by atoms with Crippen LogP contribution >= 0.6 is 0 Å².